The summed E-state index contributed by atoms with van der Waals surface area (Å²) in [7, 11) is 0. The highest BCUT2D eigenvalue weighted by molar-refractivity contribution is 9.10. The van der Waals surface area contributed by atoms with Gasteiger partial charge in [-0.15, -0.1) is 0 Å². The van der Waals surface area contributed by atoms with E-state index in [1.54, 1.807) is 0 Å². The zero-order valence-corrected chi connectivity index (χ0v) is 13.7. The van der Waals surface area contributed by atoms with Gasteiger partial charge in [-0.1, -0.05) is 31.5 Å². The predicted molar refractivity (Wildman–Crippen MR) is 89.4 cm³/mol. The highest BCUT2D eigenvalue weighted by atomic mass is 79.9. The van der Waals surface area contributed by atoms with Gasteiger partial charge < -0.3 is 10.1 Å². The summed E-state index contributed by atoms with van der Waals surface area (Å²) in [5.74, 6) is 0.706. The number of rotatable bonds is 7. The van der Waals surface area contributed by atoms with Crippen LogP contribution in [0.5, 0.6) is 5.75 Å². The molecule has 0 aliphatic heterocycles. The lowest BCUT2D eigenvalue weighted by molar-refractivity contribution is 0.366. The fourth-order valence-corrected chi connectivity index (χ4v) is 2.80. The first kappa shape index (κ1) is 15.8. The molecule has 0 radical (unpaired) electrons. The highest BCUT2D eigenvalue weighted by Crippen LogP contribution is 2.33. The number of nitriles is 1. The zero-order chi connectivity index (χ0) is 15.1. The van der Waals surface area contributed by atoms with Crippen molar-refractivity contribution in [2.24, 2.45) is 0 Å². The van der Waals surface area contributed by atoms with Crippen LogP contribution in [0.25, 0.3) is 10.8 Å². The summed E-state index contributed by atoms with van der Waals surface area (Å²) in [6, 6.07) is 12.3. The lowest BCUT2D eigenvalue weighted by Crippen LogP contribution is -2.14. The molecule has 3 nitrogen and oxygen atoms in total. The number of nitrogens with zero attached hydrogens (tertiary/aromatic N) is 1. The van der Waals surface area contributed by atoms with Gasteiger partial charge >= 0.3 is 0 Å². The molecule has 21 heavy (non-hydrogen) atoms. The van der Waals surface area contributed by atoms with Crippen LogP contribution in [-0.4, -0.2) is 13.2 Å². The second-order valence-corrected chi connectivity index (χ2v) is 5.70. The summed E-state index contributed by atoms with van der Waals surface area (Å²) in [5.41, 5.74) is 1.27. The average molecular weight is 347 g/mol. The van der Waals surface area contributed by atoms with Gasteiger partial charge in [-0.25, -0.2) is 0 Å². The van der Waals surface area contributed by atoms with Crippen molar-refractivity contribution < 1.29 is 4.74 Å². The van der Waals surface area contributed by atoms with E-state index in [-0.39, 0.29) is 6.61 Å². The first-order valence-electron chi connectivity index (χ1n) is 7.18. The maximum Gasteiger partial charge on any atom is 0.174 e. The average Bonchev–Trinajstić information content (AvgIpc) is 2.51. The minimum Gasteiger partial charge on any atom is -0.478 e. The van der Waals surface area contributed by atoms with Crippen LogP contribution in [0.4, 0.5) is 0 Å². The molecule has 0 unspecified atom stereocenters. The number of fused-ring (bicyclic) bond motifs is 1. The molecule has 0 spiro atoms. The molecule has 0 aromatic heterocycles. The fraction of sp³-hybridized carbons (Fsp3) is 0.353. The minimum atomic E-state index is 0.0591. The first-order chi connectivity index (χ1) is 10.3. The molecule has 0 fully saturated rings. The van der Waals surface area contributed by atoms with Crippen molar-refractivity contribution in [2.75, 3.05) is 13.2 Å². The Hall–Kier alpha value is -1.57. The number of halogens is 1. The Balaban J connectivity index is 2.15. The van der Waals surface area contributed by atoms with E-state index in [9.17, 15) is 0 Å². The van der Waals surface area contributed by atoms with Crippen molar-refractivity contribution in [3.05, 3.63) is 40.4 Å². The summed E-state index contributed by atoms with van der Waals surface area (Å²) in [5, 5.41) is 14.3. The maximum atomic E-state index is 8.59. The fourth-order valence-electron chi connectivity index (χ4n) is 2.19. The maximum absolute atomic E-state index is 8.59. The molecule has 2 aromatic carbocycles. The Morgan fingerprint density at radius 2 is 2.14 bits per heavy atom. The lowest BCUT2D eigenvalue weighted by atomic mass is 10.1. The monoisotopic (exact) mass is 346 g/mol. The van der Waals surface area contributed by atoms with E-state index < -0.39 is 0 Å². The largest absolute Gasteiger partial charge is 0.478 e. The van der Waals surface area contributed by atoms with Crippen molar-refractivity contribution in [3.8, 4) is 11.8 Å². The van der Waals surface area contributed by atoms with Crippen molar-refractivity contribution in [3.63, 3.8) is 0 Å². The molecule has 4 heteroatoms. The highest BCUT2D eigenvalue weighted by Gasteiger charge is 2.07. The molecular weight excluding hydrogens is 328 g/mol. The van der Waals surface area contributed by atoms with Gasteiger partial charge in [-0.2, -0.15) is 5.26 Å². The molecule has 0 amide bonds. The third-order valence-electron chi connectivity index (χ3n) is 3.31. The van der Waals surface area contributed by atoms with Crippen molar-refractivity contribution in [1.29, 1.82) is 5.26 Å². The van der Waals surface area contributed by atoms with Gasteiger partial charge in [-0.05, 0) is 57.4 Å². The minimum absolute atomic E-state index is 0.0591. The van der Waals surface area contributed by atoms with Crippen LogP contribution >= 0.6 is 15.9 Å². The Bertz CT molecular complexity index is 649. The van der Waals surface area contributed by atoms with Crippen LogP contribution in [0.3, 0.4) is 0 Å². The van der Waals surface area contributed by atoms with Crippen LogP contribution in [0.2, 0.25) is 0 Å². The van der Waals surface area contributed by atoms with Gasteiger partial charge in [0.25, 0.3) is 0 Å². The van der Waals surface area contributed by atoms with Crippen LogP contribution < -0.4 is 10.1 Å². The number of hydrogen-bond donors (Lipinski definition) is 1. The Kier molecular flexibility index (Phi) is 6.04. The van der Waals surface area contributed by atoms with Gasteiger partial charge in [0.2, 0.25) is 0 Å². The van der Waals surface area contributed by atoms with E-state index in [2.05, 4.69) is 46.4 Å². The van der Waals surface area contributed by atoms with E-state index in [0.717, 1.165) is 22.9 Å². The number of unbranched alkanes of at least 4 members (excludes halogenated alkanes) is 1. The number of hydrogen-bond acceptors (Lipinski definition) is 3. The van der Waals surface area contributed by atoms with Gasteiger partial charge in [0.05, 0.1) is 4.47 Å². The number of ether oxygens (including phenoxy) is 1. The van der Waals surface area contributed by atoms with Crippen LogP contribution in [-0.2, 0) is 6.54 Å². The smallest absolute Gasteiger partial charge is 0.174 e. The van der Waals surface area contributed by atoms with E-state index >= 15 is 0 Å². The Morgan fingerprint density at radius 1 is 1.29 bits per heavy atom. The van der Waals surface area contributed by atoms with Gasteiger partial charge in [0, 0.05) is 6.54 Å². The molecule has 0 heterocycles. The standard InChI is InChI=1S/C17H19BrN2O/c1-2-3-9-20-12-13-4-6-15-14(11-13)5-7-16(17(15)18)21-10-8-19/h4-7,11,20H,2-3,9-10,12H2,1H3. The van der Waals surface area contributed by atoms with Crippen molar-refractivity contribution >= 4 is 26.7 Å². The van der Waals surface area contributed by atoms with E-state index in [0.29, 0.717) is 5.75 Å². The molecule has 0 saturated carbocycles. The molecule has 0 atom stereocenters. The molecule has 1 N–H and O–H groups in total. The number of nitrogens with one attached hydrogen (secondary N) is 1. The van der Waals surface area contributed by atoms with Crippen molar-refractivity contribution in [2.45, 2.75) is 26.3 Å². The van der Waals surface area contributed by atoms with E-state index in [1.807, 2.05) is 18.2 Å². The Labute approximate surface area is 134 Å². The quantitative estimate of drug-likeness (QED) is 0.756. The van der Waals surface area contributed by atoms with Crippen LogP contribution in [0, 0.1) is 11.3 Å². The van der Waals surface area contributed by atoms with Crippen molar-refractivity contribution in [1.82, 2.24) is 5.32 Å². The van der Waals surface area contributed by atoms with E-state index in [1.165, 1.54) is 23.8 Å². The topological polar surface area (TPSA) is 45.0 Å². The second kappa shape index (κ2) is 8.02. The molecule has 2 aromatic rings. The summed E-state index contributed by atoms with van der Waals surface area (Å²) < 4.78 is 6.30. The summed E-state index contributed by atoms with van der Waals surface area (Å²) >= 11 is 3.56. The molecule has 2 rings (SSSR count). The van der Waals surface area contributed by atoms with Gasteiger partial charge in [0.1, 0.15) is 11.8 Å². The SMILES string of the molecule is CCCCNCc1ccc2c(Br)c(OCC#N)ccc2c1. The normalized spacial score (nSPS) is 10.5. The van der Waals surface area contributed by atoms with Gasteiger partial charge in [-0.3, -0.25) is 0 Å². The molecule has 110 valence electrons. The third-order valence-corrected chi connectivity index (χ3v) is 4.13. The molecule has 0 bridgehead atoms. The Morgan fingerprint density at radius 3 is 2.90 bits per heavy atom. The first-order valence-corrected chi connectivity index (χ1v) is 7.97. The predicted octanol–water partition coefficient (Wildman–Crippen LogP) is 4.39. The number of benzene rings is 2. The molecule has 0 saturated heterocycles. The van der Waals surface area contributed by atoms with Crippen LogP contribution in [0.15, 0.2) is 34.8 Å². The van der Waals surface area contributed by atoms with Gasteiger partial charge in [0.15, 0.2) is 6.61 Å². The summed E-state index contributed by atoms with van der Waals surface area (Å²) in [6.45, 7) is 4.20. The lowest BCUT2D eigenvalue weighted by Gasteiger charge is -2.10. The molecule has 0 aliphatic rings. The van der Waals surface area contributed by atoms with E-state index in [4.69, 9.17) is 10.00 Å². The second-order valence-electron chi connectivity index (χ2n) is 4.91. The molecular formula is C17H19BrN2O. The third kappa shape index (κ3) is 4.20. The van der Waals surface area contributed by atoms with Crippen LogP contribution in [0.1, 0.15) is 25.3 Å². The summed E-state index contributed by atoms with van der Waals surface area (Å²) in [6.07, 6.45) is 2.42. The zero-order valence-electron chi connectivity index (χ0n) is 12.2. The molecule has 0 aliphatic carbocycles. The summed E-state index contributed by atoms with van der Waals surface area (Å²) in [4.78, 5) is 0.